The largest absolute Gasteiger partial charge is 0.379 e. The molecule has 2 aliphatic heterocycles. The van der Waals surface area contributed by atoms with Crippen LogP contribution in [0.3, 0.4) is 0 Å². The van der Waals surface area contributed by atoms with Crippen molar-refractivity contribution in [1.29, 1.82) is 0 Å². The summed E-state index contributed by atoms with van der Waals surface area (Å²) in [5.74, 6) is 0.730. The zero-order chi connectivity index (χ0) is 16.2. The molecule has 3 fully saturated rings. The van der Waals surface area contributed by atoms with E-state index in [2.05, 4.69) is 33.0 Å². The third kappa shape index (κ3) is 3.86. The number of hydrogen-bond donors (Lipinski definition) is 2. The molecule has 0 amide bonds. The molecule has 1 aromatic heterocycles. The van der Waals surface area contributed by atoms with E-state index >= 15 is 0 Å². The molecule has 1 aromatic rings. The topological polar surface area (TPSA) is 36.5 Å². The minimum absolute atomic E-state index is 0.547. The molecule has 24 heavy (non-hydrogen) atoms. The summed E-state index contributed by atoms with van der Waals surface area (Å²) in [4.78, 5) is 4.21. The van der Waals surface area contributed by atoms with Crippen molar-refractivity contribution in [3.8, 4) is 0 Å². The van der Waals surface area contributed by atoms with Crippen LogP contribution in [-0.2, 0) is 4.74 Å². The van der Waals surface area contributed by atoms with Crippen LogP contribution in [0.5, 0.6) is 0 Å². The van der Waals surface area contributed by atoms with Crippen LogP contribution < -0.4 is 10.6 Å². The first kappa shape index (κ1) is 17.0. The molecule has 4 nitrogen and oxygen atoms in total. The quantitative estimate of drug-likeness (QED) is 0.828. The van der Waals surface area contributed by atoms with Gasteiger partial charge in [0.05, 0.1) is 19.3 Å². The van der Waals surface area contributed by atoms with E-state index in [4.69, 9.17) is 4.74 Å². The molecule has 0 radical (unpaired) electrons. The van der Waals surface area contributed by atoms with E-state index in [1.54, 1.807) is 0 Å². The van der Waals surface area contributed by atoms with Crippen LogP contribution in [0.2, 0.25) is 0 Å². The number of thiophene rings is 1. The number of nitrogens with one attached hydrogen (secondary N) is 2. The lowest BCUT2D eigenvalue weighted by Gasteiger charge is -2.34. The Labute approximate surface area is 150 Å². The second kappa shape index (κ2) is 8.28. The van der Waals surface area contributed by atoms with Crippen molar-refractivity contribution in [3.63, 3.8) is 0 Å². The second-order valence-corrected chi connectivity index (χ2v) is 8.50. The molecule has 2 saturated heterocycles. The highest BCUT2D eigenvalue weighted by Crippen LogP contribution is 2.32. The predicted molar refractivity (Wildman–Crippen MR) is 99.6 cm³/mol. The standard InChI is InChI=1S/C19H31N3OS/c1-2-10-22(9-1)18(19-7-4-12-24-19)13-21-16-6-3-5-15(16)17-14-23-11-8-20-17/h4,7,12,15-18,20-21H,1-3,5-6,8-11,13-14H2. The SMILES string of the molecule is c1csc(C(CNC2CCCC2C2COCCN2)N2CCCC2)c1. The minimum atomic E-state index is 0.547. The van der Waals surface area contributed by atoms with Crippen molar-refractivity contribution in [3.05, 3.63) is 22.4 Å². The summed E-state index contributed by atoms with van der Waals surface area (Å²) in [7, 11) is 0. The summed E-state index contributed by atoms with van der Waals surface area (Å²) in [6.07, 6.45) is 6.73. The van der Waals surface area contributed by atoms with Gasteiger partial charge in [-0.3, -0.25) is 4.90 Å². The zero-order valence-electron chi connectivity index (χ0n) is 14.6. The zero-order valence-corrected chi connectivity index (χ0v) is 15.4. The number of nitrogens with zero attached hydrogens (tertiary/aromatic N) is 1. The van der Waals surface area contributed by atoms with E-state index in [1.165, 1.54) is 50.1 Å². The fourth-order valence-corrected chi connectivity index (χ4v) is 5.65. The summed E-state index contributed by atoms with van der Waals surface area (Å²) in [6, 6.07) is 6.27. The number of likely N-dealkylation sites (tertiary alicyclic amines) is 1. The smallest absolute Gasteiger partial charge is 0.0623 e. The van der Waals surface area contributed by atoms with Gasteiger partial charge in [0, 0.05) is 30.1 Å². The van der Waals surface area contributed by atoms with Gasteiger partial charge in [-0.2, -0.15) is 0 Å². The van der Waals surface area contributed by atoms with Crippen molar-refractivity contribution < 1.29 is 4.74 Å². The molecule has 0 spiro atoms. The van der Waals surface area contributed by atoms with Gasteiger partial charge in [-0.15, -0.1) is 11.3 Å². The Morgan fingerprint density at radius 2 is 2.21 bits per heavy atom. The number of hydrogen-bond acceptors (Lipinski definition) is 5. The van der Waals surface area contributed by atoms with Crippen LogP contribution in [-0.4, -0.2) is 56.4 Å². The van der Waals surface area contributed by atoms with Gasteiger partial charge >= 0.3 is 0 Å². The molecule has 0 aromatic carbocycles. The van der Waals surface area contributed by atoms with Crippen LogP contribution in [0.4, 0.5) is 0 Å². The molecule has 4 atom stereocenters. The van der Waals surface area contributed by atoms with E-state index in [0.29, 0.717) is 18.1 Å². The summed E-state index contributed by atoms with van der Waals surface area (Å²) in [5.41, 5.74) is 0. The third-order valence-electron chi connectivity index (χ3n) is 6.06. The molecule has 2 N–H and O–H groups in total. The van der Waals surface area contributed by atoms with Gasteiger partial charge in [0.2, 0.25) is 0 Å². The molecule has 1 aliphatic carbocycles. The first-order valence-corrected chi connectivity index (χ1v) is 10.6. The summed E-state index contributed by atoms with van der Waals surface area (Å²) >= 11 is 1.92. The first-order valence-electron chi connectivity index (χ1n) is 9.74. The summed E-state index contributed by atoms with van der Waals surface area (Å²) in [6.45, 7) is 6.39. The Bertz CT molecular complexity index is 483. The fraction of sp³-hybridized carbons (Fsp3) is 0.789. The molecule has 3 heterocycles. The lowest BCUT2D eigenvalue weighted by Crippen LogP contribution is -2.51. The van der Waals surface area contributed by atoms with Crippen molar-refractivity contribution in [2.24, 2.45) is 5.92 Å². The molecule has 0 bridgehead atoms. The van der Waals surface area contributed by atoms with E-state index in [9.17, 15) is 0 Å². The predicted octanol–water partition coefficient (Wildman–Crippen LogP) is 2.63. The van der Waals surface area contributed by atoms with E-state index in [-0.39, 0.29) is 0 Å². The Morgan fingerprint density at radius 3 is 2.96 bits per heavy atom. The van der Waals surface area contributed by atoms with Gasteiger partial charge in [-0.25, -0.2) is 0 Å². The van der Waals surface area contributed by atoms with E-state index < -0.39 is 0 Å². The second-order valence-electron chi connectivity index (χ2n) is 7.52. The maximum atomic E-state index is 5.71. The van der Waals surface area contributed by atoms with E-state index in [0.717, 1.165) is 32.2 Å². The van der Waals surface area contributed by atoms with Gasteiger partial charge in [-0.1, -0.05) is 12.5 Å². The number of rotatable bonds is 6. The van der Waals surface area contributed by atoms with Crippen LogP contribution in [0.15, 0.2) is 17.5 Å². The molecule has 3 aliphatic rings. The average molecular weight is 350 g/mol. The van der Waals surface area contributed by atoms with Crippen LogP contribution in [0.25, 0.3) is 0 Å². The van der Waals surface area contributed by atoms with Gasteiger partial charge in [0.15, 0.2) is 0 Å². The Hall–Kier alpha value is -0.460. The van der Waals surface area contributed by atoms with Crippen molar-refractivity contribution in [2.75, 3.05) is 39.4 Å². The molecule has 1 saturated carbocycles. The molecular weight excluding hydrogens is 318 g/mol. The van der Waals surface area contributed by atoms with E-state index in [1.807, 2.05) is 11.3 Å². The van der Waals surface area contributed by atoms with Gasteiger partial charge < -0.3 is 15.4 Å². The minimum Gasteiger partial charge on any atom is -0.379 e. The number of morpholine rings is 1. The van der Waals surface area contributed by atoms with Gasteiger partial charge in [-0.05, 0) is 56.1 Å². The lowest BCUT2D eigenvalue weighted by atomic mass is 9.93. The van der Waals surface area contributed by atoms with Gasteiger partial charge in [0.25, 0.3) is 0 Å². The molecule has 4 unspecified atom stereocenters. The van der Waals surface area contributed by atoms with Crippen LogP contribution in [0, 0.1) is 5.92 Å². The lowest BCUT2D eigenvalue weighted by molar-refractivity contribution is 0.0519. The van der Waals surface area contributed by atoms with Gasteiger partial charge in [0.1, 0.15) is 0 Å². The van der Waals surface area contributed by atoms with Crippen LogP contribution in [0.1, 0.15) is 43.0 Å². The highest BCUT2D eigenvalue weighted by molar-refractivity contribution is 7.10. The summed E-state index contributed by atoms with van der Waals surface area (Å²) in [5, 5.41) is 9.87. The highest BCUT2D eigenvalue weighted by Gasteiger charge is 2.35. The summed E-state index contributed by atoms with van der Waals surface area (Å²) < 4.78 is 5.71. The molecule has 134 valence electrons. The normalized spacial score (nSPS) is 33.1. The molecule has 4 rings (SSSR count). The first-order chi connectivity index (χ1) is 11.9. The average Bonchev–Trinajstić information content (AvgIpc) is 3.39. The Balaban J connectivity index is 1.37. The monoisotopic (exact) mass is 349 g/mol. The molecule has 5 heteroatoms. The Morgan fingerprint density at radius 1 is 1.29 bits per heavy atom. The molecular formula is C19H31N3OS. The highest BCUT2D eigenvalue weighted by atomic mass is 32.1. The third-order valence-corrected chi connectivity index (χ3v) is 7.04. The van der Waals surface area contributed by atoms with Crippen molar-refractivity contribution >= 4 is 11.3 Å². The fourth-order valence-electron chi connectivity index (χ4n) is 4.79. The number of ether oxygens (including phenoxy) is 1. The Kier molecular flexibility index (Phi) is 5.86. The van der Waals surface area contributed by atoms with Crippen LogP contribution >= 0.6 is 11.3 Å². The maximum absolute atomic E-state index is 5.71. The maximum Gasteiger partial charge on any atom is 0.0623 e. The van der Waals surface area contributed by atoms with Crippen molar-refractivity contribution in [1.82, 2.24) is 15.5 Å². The van der Waals surface area contributed by atoms with Crippen molar-refractivity contribution in [2.45, 2.75) is 50.2 Å².